The van der Waals surface area contributed by atoms with Crippen molar-refractivity contribution in [2.45, 2.75) is 37.5 Å². The molecule has 0 saturated carbocycles. The van der Waals surface area contributed by atoms with Crippen molar-refractivity contribution in [3.63, 3.8) is 0 Å². The summed E-state index contributed by atoms with van der Waals surface area (Å²) < 4.78 is 39.3. The highest BCUT2D eigenvalue weighted by Gasteiger charge is 2.24. The van der Waals surface area contributed by atoms with E-state index in [1.54, 1.807) is 18.2 Å². The highest BCUT2D eigenvalue weighted by atomic mass is 32.2. The predicted octanol–water partition coefficient (Wildman–Crippen LogP) is 3.58. The molecule has 1 atom stereocenters. The molecule has 7 heteroatoms. The van der Waals surface area contributed by atoms with Gasteiger partial charge in [-0.1, -0.05) is 0 Å². The standard InChI is InChI=1S/C16H19NO4S2/c1-4-20-15-8-12-7-10(2)21-14(12)9-13(15)17-23(18,19)16-6-5-11(3)22-16/h5-6,8-10,17H,4,7H2,1-3H3/t10-/m0/s1. The molecule has 0 bridgehead atoms. The third-order valence-electron chi connectivity index (χ3n) is 3.52. The molecule has 3 rings (SSSR count). The van der Waals surface area contributed by atoms with Gasteiger partial charge in [-0.05, 0) is 39.0 Å². The van der Waals surface area contributed by atoms with E-state index in [0.29, 0.717) is 23.8 Å². The van der Waals surface area contributed by atoms with Crippen LogP contribution in [0.15, 0.2) is 28.5 Å². The van der Waals surface area contributed by atoms with Crippen LogP contribution in [0.4, 0.5) is 5.69 Å². The van der Waals surface area contributed by atoms with Gasteiger partial charge in [0, 0.05) is 22.9 Å². The zero-order chi connectivity index (χ0) is 16.6. The number of sulfonamides is 1. The molecule has 5 nitrogen and oxygen atoms in total. The van der Waals surface area contributed by atoms with E-state index in [1.165, 1.54) is 11.3 Å². The van der Waals surface area contributed by atoms with Crippen molar-refractivity contribution >= 4 is 27.0 Å². The number of hydrogen-bond acceptors (Lipinski definition) is 5. The number of benzene rings is 1. The Labute approximate surface area is 140 Å². The molecule has 0 amide bonds. The molecule has 1 aliphatic rings. The first-order valence-electron chi connectivity index (χ1n) is 7.44. The average Bonchev–Trinajstić information content (AvgIpc) is 3.04. The van der Waals surface area contributed by atoms with Gasteiger partial charge in [0.2, 0.25) is 0 Å². The van der Waals surface area contributed by atoms with E-state index in [2.05, 4.69) is 4.72 Å². The van der Waals surface area contributed by atoms with Gasteiger partial charge in [-0.2, -0.15) is 0 Å². The van der Waals surface area contributed by atoms with E-state index in [1.807, 2.05) is 26.8 Å². The monoisotopic (exact) mass is 353 g/mol. The lowest BCUT2D eigenvalue weighted by molar-refractivity contribution is 0.254. The van der Waals surface area contributed by atoms with Crippen LogP contribution < -0.4 is 14.2 Å². The Morgan fingerprint density at radius 1 is 1.39 bits per heavy atom. The van der Waals surface area contributed by atoms with E-state index in [0.717, 1.165) is 16.9 Å². The quantitative estimate of drug-likeness (QED) is 0.892. The summed E-state index contributed by atoms with van der Waals surface area (Å²) in [5.41, 5.74) is 1.45. The van der Waals surface area contributed by atoms with Crippen LogP contribution in [0.5, 0.6) is 11.5 Å². The zero-order valence-corrected chi connectivity index (χ0v) is 14.9. The molecule has 0 fully saturated rings. The summed E-state index contributed by atoms with van der Waals surface area (Å²) in [5, 5.41) is 0. The van der Waals surface area contributed by atoms with Crippen LogP contribution in [0, 0.1) is 6.92 Å². The summed E-state index contributed by atoms with van der Waals surface area (Å²) in [6, 6.07) is 6.96. The van der Waals surface area contributed by atoms with E-state index in [-0.39, 0.29) is 10.3 Å². The van der Waals surface area contributed by atoms with Crippen molar-refractivity contribution in [2.24, 2.45) is 0 Å². The molecule has 2 aromatic rings. The molecule has 0 unspecified atom stereocenters. The molecular weight excluding hydrogens is 334 g/mol. The lowest BCUT2D eigenvalue weighted by Crippen LogP contribution is -2.12. The molecule has 1 N–H and O–H groups in total. The van der Waals surface area contributed by atoms with Gasteiger partial charge in [-0.3, -0.25) is 4.72 Å². The van der Waals surface area contributed by atoms with Crippen LogP contribution in [0.3, 0.4) is 0 Å². The summed E-state index contributed by atoms with van der Waals surface area (Å²) >= 11 is 1.24. The van der Waals surface area contributed by atoms with Gasteiger partial charge < -0.3 is 9.47 Å². The normalized spacial score (nSPS) is 16.7. The first-order chi connectivity index (χ1) is 10.9. The third kappa shape index (κ3) is 3.30. The fourth-order valence-corrected chi connectivity index (χ4v) is 4.89. The van der Waals surface area contributed by atoms with Gasteiger partial charge >= 0.3 is 0 Å². The first kappa shape index (κ1) is 16.1. The Kier molecular flexibility index (Phi) is 4.25. The van der Waals surface area contributed by atoms with Gasteiger partial charge in [0.25, 0.3) is 10.0 Å². The molecule has 0 saturated heterocycles. The number of anilines is 1. The van der Waals surface area contributed by atoms with E-state index < -0.39 is 10.0 Å². The maximum atomic E-state index is 12.5. The summed E-state index contributed by atoms with van der Waals surface area (Å²) in [7, 11) is -3.63. The van der Waals surface area contributed by atoms with Gasteiger partial charge in [0.1, 0.15) is 21.8 Å². The summed E-state index contributed by atoms with van der Waals surface area (Å²) in [5.74, 6) is 1.24. The van der Waals surface area contributed by atoms with Crippen LogP contribution in [0.1, 0.15) is 24.3 Å². The largest absolute Gasteiger partial charge is 0.492 e. The molecule has 0 aliphatic carbocycles. The second-order valence-electron chi connectivity index (χ2n) is 5.49. The highest BCUT2D eigenvalue weighted by Crippen LogP contribution is 2.39. The maximum absolute atomic E-state index is 12.5. The highest BCUT2D eigenvalue weighted by molar-refractivity contribution is 7.94. The van der Waals surface area contributed by atoms with Crippen molar-refractivity contribution in [3.05, 3.63) is 34.7 Å². The lowest BCUT2D eigenvalue weighted by atomic mass is 10.1. The van der Waals surface area contributed by atoms with Crippen LogP contribution in [-0.2, 0) is 16.4 Å². The summed E-state index contributed by atoms with van der Waals surface area (Å²) in [6.07, 6.45) is 0.887. The summed E-state index contributed by atoms with van der Waals surface area (Å²) in [4.78, 5) is 0.946. The van der Waals surface area contributed by atoms with Crippen LogP contribution in [0.25, 0.3) is 0 Å². The van der Waals surface area contributed by atoms with Crippen LogP contribution >= 0.6 is 11.3 Å². The number of aryl methyl sites for hydroxylation is 1. The number of hydrogen-bond donors (Lipinski definition) is 1. The smallest absolute Gasteiger partial charge is 0.271 e. The fraction of sp³-hybridized carbons (Fsp3) is 0.375. The minimum Gasteiger partial charge on any atom is -0.492 e. The van der Waals surface area contributed by atoms with Gasteiger partial charge in [-0.25, -0.2) is 8.42 Å². The summed E-state index contributed by atoms with van der Waals surface area (Å²) in [6.45, 7) is 6.19. The lowest BCUT2D eigenvalue weighted by Gasteiger charge is -2.14. The Bertz CT molecular complexity index is 827. The molecular formula is C16H19NO4S2. The predicted molar refractivity (Wildman–Crippen MR) is 91.3 cm³/mol. The van der Waals surface area contributed by atoms with E-state index in [9.17, 15) is 8.42 Å². The number of ether oxygens (including phenoxy) is 2. The number of rotatable bonds is 5. The topological polar surface area (TPSA) is 64.6 Å². The minimum absolute atomic E-state index is 0.0891. The Morgan fingerprint density at radius 3 is 2.83 bits per heavy atom. The van der Waals surface area contributed by atoms with Gasteiger partial charge in [0.15, 0.2) is 0 Å². The van der Waals surface area contributed by atoms with E-state index >= 15 is 0 Å². The Morgan fingerprint density at radius 2 is 2.17 bits per heavy atom. The van der Waals surface area contributed by atoms with Crippen LogP contribution in [0.2, 0.25) is 0 Å². The molecule has 23 heavy (non-hydrogen) atoms. The average molecular weight is 353 g/mol. The second-order valence-corrected chi connectivity index (χ2v) is 8.69. The van der Waals surface area contributed by atoms with Gasteiger partial charge in [-0.15, -0.1) is 11.3 Å². The number of thiophene rings is 1. The van der Waals surface area contributed by atoms with Crippen molar-refractivity contribution in [2.75, 3.05) is 11.3 Å². The van der Waals surface area contributed by atoms with Crippen LogP contribution in [-0.4, -0.2) is 21.1 Å². The number of fused-ring (bicyclic) bond motifs is 1. The first-order valence-corrected chi connectivity index (χ1v) is 9.74. The maximum Gasteiger partial charge on any atom is 0.271 e. The molecule has 1 aromatic carbocycles. The van der Waals surface area contributed by atoms with Crippen molar-refractivity contribution in [3.8, 4) is 11.5 Å². The van der Waals surface area contributed by atoms with Crippen molar-refractivity contribution in [1.29, 1.82) is 0 Å². The zero-order valence-electron chi connectivity index (χ0n) is 13.3. The molecule has 2 heterocycles. The molecule has 1 aromatic heterocycles. The molecule has 0 radical (unpaired) electrons. The SMILES string of the molecule is CCOc1cc2c(cc1NS(=O)(=O)c1ccc(C)s1)O[C@@H](C)C2. The second kappa shape index (κ2) is 6.05. The number of nitrogens with one attached hydrogen (secondary N) is 1. The third-order valence-corrected chi connectivity index (χ3v) is 6.38. The molecule has 124 valence electrons. The van der Waals surface area contributed by atoms with Gasteiger partial charge in [0.05, 0.1) is 12.3 Å². The van der Waals surface area contributed by atoms with Crippen molar-refractivity contribution < 1.29 is 17.9 Å². The van der Waals surface area contributed by atoms with Crippen molar-refractivity contribution in [1.82, 2.24) is 0 Å². The fourth-order valence-electron chi connectivity index (χ4n) is 2.55. The minimum atomic E-state index is -3.63. The Hall–Kier alpha value is -1.73. The van der Waals surface area contributed by atoms with E-state index in [4.69, 9.17) is 9.47 Å². The molecule has 1 aliphatic heterocycles. The Balaban J connectivity index is 1.97. The molecule has 0 spiro atoms.